The highest BCUT2D eigenvalue weighted by Crippen LogP contribution is 2.29. The van der Waals surface area contributed by atoms with E-state index in [1.165, 1.54) is 7.05 Å². The predicted molar refractivity (Wildman–Crippen MR) is 75.0 cm³/mol. The average molecular weight is 305 g/mol. The number of benzene rings is 1. The number of nitrogens with zero attached hydrogens (tertiary/aromatic N) is 1. The van der Waals surface area contributed by atoms with Gasteiger partial charge in [-0.3, -0.25) is 0 Å². The Labute approximate surface area is 121 Å². The highest BCUT2D eigenvalue weighted by atomic mass is 35.5. The van der Waals surface area contributed by atoms with Gasteiger partial charge in [-0.2, -0.15) is 0 Å². The molecule has 0 bridgehead atoms. The first-order chi connectivity index (χ1) is 8.88. The van der Waals surface area contributed by atoms with Gasteiger partial charge >= 0.3 is 12.0 Å². The van der Waals surface area contributed by atoms with Crippen molar-refractivity contribution in [2.45, 2.75) is 19.4 Å². The van der Waals surface area contributed by atoms with Crippen molar-refractivity contribution in [2.75, 3.05) is 12.4 Å². The van der Waals surface area contributed by atoms with E-state index in [2.05, 4.69) is 5.32 Å². The number of aliphatic carboxylic acids is 1. The van der Waals surface area contributed by atoms with E-state index in [9.17, 15) is 9.59 Å². The van der Waals surface area contributed by atoms with Crippen LogP contribution in [0.15, 0.2) is 18.2 Å². The second-order valence-electron chi connectivity index (χ2n) is 3.90. The summed E-state index contributed by atoms with van der Waals surface area (Å²) in [4.78, 5) is 24.0. The molecule has 0 aliphatic carbocycles. The van der Waals surface area contributed by atoms with Crippen molar-refractivity contribution in [3.63, 3.8) is 0 Å². The quantitative estimate of drug-likeness (QED) is 0.896. The third kappa shape index (κ3) is 3.75. The van der Waals surface area contributed by atoms with Crippen molar-refractivity contribution < 1.29 is 14.7 Å². The molecular weight excluding hydrogens is 291 g/mol. The number of hydrogen-bond donors (Lipinski definition) is 2. The molecule has 7 heteroatoms. The molecular formula is C12H14Cl2N2O3. The number of likely N-dealkylation sites (N-methyl/N-ethyl adjacent to an activating group) is 1. The molecule has 1 atom stereocenters. The van der Waals surface area contributed by atoms with Crippen LogP contribution in [-0.2, 0) is 4.79 Å². The van der Waals surface area contributed by atoms with E-state index in [1.54, 1.807) is 25.1 Å². The normalized spacial score (nSPS) is 11.8. The van der Waals surface area contributed by atoms with Crippen LogP contribution in [-0.4, -0.2) is 35.1 Å². The summed E-state index contributed by atoms with van der Waals surface area (Å²) in [6, 6.07) is 3.37. The van der Waals surface area contributed by atoms with E-state index in [0.717, 1.165) is 4.90 Å². The number of amides is 2. The van der Waals surface area contributed by atoms with Gasteiger partial charge in [0.25, 0.3) is 0 Å². The van der Waals surface area contributed by atoms with E-state index in [-0.39, 0.29) is 5.02 Å². The Bertz CT molecular complexity index is 494. The number of halogens is 2. The van der Waals surface area contributed by atoms with Crippen LogP contribution in [0.1, 0.15) is 13.3 Å². The van der Waals surface area contributed by atoms with Gasteiger partial charge in [-0.25, -0.2) is 9.59 Å². The molecule has 0 radical (unpaired) electrons. The maximum absolute atomic E-state index is 11.9. The Kier molecular flexibility index (Phi) is 5.44. The van der Waals surface area contributed by atoms with Gasteiger partial charge in [-0.15, -0.1) is 0 Å². The van der Waals surface area contributed by atoms with Crippen LogP contribution < -0.4 is 5.32 Å². The monoisotopic (exact) mass is 304 g/mol. The van der Waals surface area contributed by atoms with E-state index in [1.807, 2.05) is 0 Å². The summed E-state index contributed by atoms with van der Waals surface area (Å²) in [6.45, 7) is 1.69. The summed E-state index contributed by atoms with van der Waals surface area (Å²) < 4.78 is 0. The van der Waals surface area contributed by atoms with E-state index in [4.69, 9.17) is 28.3 Å². The minimum absolute atomic E-state index is 0.217. The Morgan fingerprint density at radius 3 is 2.58 bits per heavy atom. The number of anilines is 1. The molecule has 1 rings (SSSR count). The number of carboxylic acids is 1. The van der Waals surface area contributed by atoms with Gasteiger partial charge in [0.1, 0.15) is 6.04 Å². The van der Waals surface area contributed by atoms with Crippen LogP contribution in [0.4, 0.5) is 10.5 Å². The largest absolute Gasteiger partial charge is 0.480 e. The molecule has 0 heterocycles. The Morgan fingerprint density at radius 2 is 2.05 bits per heavy atom. The lowest BCUT2D eigenvalue weighted by Gasteiger charge is -2.24. The molecule has 104 valence electrons. The number of hydrogen-bond acceptors (Lipinski definition) is 2. The lowest BCUT2D eigenvalue weighted by atomic mass is 10.2. The minimum Gasteiger partial charge on any atom is -0.480 e. The van der Waals surface area contributed by atoms with Crippen molar-refractivity contribution in [3.8, 4) is 0 Å². The summed E-state index contributed by atoms with van der Waals surface area (Å²) in [6.07, 6.45) is 0.308. The second-order valence-corrected chi connectivity index (χ2v) is 4.69. The van der Waals surface area contributed by atoms with Crippen molar-refractivity contribution in [3.05, 3.63) is 28.2 Å². The topological polar surface area (TPSA) is 69.6 Å². The van der Waals surface area contributed by atoms with Gasteiger partial charge in [0.2, 0.25) is 0 Å². The maximum Gasteiger partial charge on any atom is 0.326 e. The molecule has 2 amide bonds. The van der Waals surface area contributed by atoms with Gasteiger partial charge in [-0.1, -0.05) is 36.2 Å². The lowest BCUT2D eigenvalue weighted by Crippen LogP contribution is -2.44. The zero-order valence-corrected chi connectivity index (χ0v) is 12.0. The number of carbonyl (C=O) groups excluding carboxylic acids is 1. The molecule has 0 saturated heterocycles. The fourth-order valence-electron chi connectivity index (χ4n) is 1.56. The minimum atomic E-state index is -1.06. The van der Waals surface area contributed by atoms with Crippen LogP contribution in [0.2, 0.25) is 10.0 Å². The number of carbonyl (C=O) groups is 2. The molecule has 1 aromatic rings. The lowest BCUT2D eigenvalue weighted by molar-refractivity contribution is -0.141. The molecule has 0 aliphatic heterocycles. The van der Waals surface area contributed by atoms with Crippen LogP contribution >= 0.6 is 23.2 Å². The van der Waals surface area contributed by atoms with E-state index < -0.39 is 18.0 Å². The molecule has 1 unspecified atom stereocenters. The molecule has 19 heavy (non-hydrogen) atoms. The van der Waals surface area contributed by atoms with E-state index >= 15 is 0 Å². The van der Waals surface area contributed by atoms with Crippen molar-refractivity contribution in [1.29, 1.82) is 0 Å². The first-order valence-electron chi connectivity index (χ1n) is 5.59. The van der Waals surface area contributed by atoms with Gasteiger partial charge in [-0.05, 0) is 18.6 Å². The molecule has 2 N–H and O–H groups in total. The van der Waals surface area contributed by atoms with Crippen LogP contribution in [0, 0.1) is 0 Å². The zero-order chi connectivity index (χ0) is 14.6. The molecule has 0 fully saturated rings. The third-order valence-corrected chi connectivity index (χ3v) is 3.47. The number of rotatable bonds is 4. The highest BCUT2D eigenvalue weighted by molar-refractivity contribution is 6.43. The summed E-state index contributed by atoms with van der Waals surface area (Å²) in [5, 5.41) is 12.0. The van der Waals surface area contributed by atoms with Crippen molar-refractivity contribution in [2.24, 2.45) is 0 Å². The number of nitrogens with one attached hydrogen (secondary N) is 1. The standard InChI is InChI=1S/C12H14Cl2N2O3/c1-3-9(11(17)18)16(2)12(19)15-8-6-4-5-7(13)10(8)14/h4-6,9H,3H2,1-2H3,(H,15,19)(H,17,18). The number of carboxylic acid groups (broad SMARTS) is 1. The molecule has 0 aromatic heterocycles. The number of urea groups is 1. The predicted octanol–water partition coefficient (Wildman–Crippen LogP) is 3.32. The third-order valence-electron chi connectivity index (χ3n) is 2.65. The summed E-state index contributed by atoms with van der Waals surface area (Å²) in [5.41, 5.74) is 0.339. The first kappa shape index (κ1) is 15.6. The molecule has 0 saturated carbocycles. The summed E-state index contributed by atoms with van der Waals surface area (Å²) in [7, 11) is 1.41. The highest BCUT2D eigenvalue weighted by Gasteiger charge is 2.25. The first-order valence-corrected chi connectivity index (χ1v) is 6.34. The van der Waals surface area contributed by atoms with Gasteiger partial charge in [0.15, 0.2) is 0 Å². The van der Waals surface area contributed by atoms with Crippen molar-refractivity contribution >= 4 is 40.9 Å². The zero-order valence-electron chi connectivity index (χ0n) is 10.5. The summed E-state index contributed by atoms with van der Waals surface area (Å²) in [5.74, 6) is -1.06. The molecule has 1 aromatic carbocycles. The van der Waals surface area contributed by atoms with Crippen molar-refractivity contribution in [1.82, 2.24) is 4.90 Å². The van der Waals surface area contributed by atoms with Gasteiger partial charge in [0.05, 0.1) is 15.7 Å². The Balaban J connectivity index is 2.85. The van der Waals surface area contributed by atoms with Gasteiger partial charge < -0.3 is 15.3 Å². The SMILES string of the molecule is CCC(C(=O)O)N(C)C(=O)Nc1cccc(Cl)c1Cl. The van der Waals surface area contributed by atoms with Gasteiger partial charge in [0, 0.05) is 7.05 Å². The maximum atomic E-state index is 11.9. The van der Waals surface area contributed by atoms with E-state index in [0.29, 0.717) is 17.1 Å². The molecule has 5 nitrogen and oxygen atoms in total. The second kappa shape index (κ2) is 6.63. The van der Waals surface area contributed by atoms with Crippen LogP contribution in [0.3, 0.4) is 0 Å². The Hall–Kier alpha value is -1.46. The van der Waals surface area contributed by atoms with Crippen LogP contribution in [0.25, 0.3) is 0 Å². The molecule has 0 spiro atoms. The van der Waals surface area contributed by atoms with Crippen LogP contribution in [0.5, 0.6) is 0 Å². The average Bonchev–Trinajstić information content (AvgIpc) is 2.35. The fraction of sp³-hybridized carbons (Fsp3) is 0.333. The summed E-state index contributed by atoms with van der Waals surface area (Å²) >= 11 is 11.8. The smallest absolute Gasteiger partial charge is 0.326 e. The fourth-order valence-corrected chi connectivity index (χ4v) is 1.91. The molecule has 0 aliphatic rings. The Morgan fingerprint density at radius 1 is 1.42 bits per heavy atom.